The number of thioether (sulfide) groups is 1. The molecule has 2 aromatic rings. The number of fused-ring (bicyclic) bond motifs is 1. The van der Waals surface area contributed by atoms with E-state index in [2.05, 4.69) is 22.5 Å². The molecular formula is C12H13N5O2S. The van der Waals surface area contributed by atoms with E-state index in [1.54, 1.807) is 23.9 Å². The summed E-state index contributed by atoms with van der Waals surface area (Å²) in [5, 5.41) is 20.1. The molecule has 3 rings (SSSR count). The maximum atomic E-state index is 10.8. The molecule has 8 heteroatoms. The molecule has 1 aromatic carbocycles. The van der Waals surface area contributed by atoms with E-state index in [0.717, 1.165) is 18.0 Å². The molecule has 0 saturated carbocycles. The van der Waals surface area contributed by atoms with Crippen LogP contribution in [-0.2, 0) is 0 Å². The lowest BCUT2D eigenvalue weighted by Gasteiger charge is -2.10. The van der Waals surface area contributed by atoms with Crippen LogP contribution in [0.3, 0.4) is 0 Å². The van der Waals surface area contributed by atoms with Gasteiger partial charge in [-0.2, -0.15) is 0 Å². The van der Waals surface area contributed by atoms with E-state index < -0.39 is 4.92 Å². The minimum absolute atomic E-state index is 0.0515. The minimum Gasteiger partial charge on any atom is -0.308 e. The average Bonchev–Trinajstić information content (AvgIpc) is 2.99. The number of hydrogen-bond acceptors (Lipinski definition) is 6. The van der Waals surface area contributed by atoms with Crippen molar-refractivity contribution in [2.75, 3.05) is 5.43 Å². The summed E-state index contributed by atoms with van der Waals surface area (Å²) in [7, 11) is 0. The molecule has 0 aliphatic carbocycles. The molecule has 1 aromatic heterocycles. The largest absolute Gasteiger partial charge is 0.308 e. The van der Waals surface area contributed by atoms with Gasteiger partial charge >= 0.3 is 0 Å². The fourth-order valence-electron chi connectivity index (χ4n) is 2.09. The molecule has 1 N–H and O–H groups in total. The lowest BCUT2D eigenvalue weighted by atomic mass is 10.2. The zero-order valence-electron chi connectivity index (χ0n) is 10.8. The number of hydrogen-bond donors (Lipinski definition) is 1. The van der Waals surface area contributed by atoms with Gasteiger partial charge in [0.05, 0.1) is 10.3 Å². The minimum atomic E-state index is -0.410. The monoisotopic (exact) mass is 291 g/mol. The van der Waals surface area contributed by atoms with Crippen LogP contribution < -0.4 is 5.43 Å². The molecule has 0 saturated heterocycles. The molecule has 0 fully saturated rings. The number of nitrogens with zero attached hydrogens (tertiary/aromatic N) is 4. The number of nitro groups is 1. The van der Waals surface area contributed by atoms with Gasteiger partial charge in [-0.15, -0.1) is 10.2 Å². The van der Waals surface area contributed by atoms with Crippen LogP contribution >= 0.6 is 11.8 Å². The van der Waals surface area contributed by atoms with Gasteiger partial charge in [-0.3, -0.25) is 10.1 Å². The molecule has 0 radical (unpaired) electrons. The number of nitro benzene ring substituents is 1. The maximum absolute atomic E-state index is 10.8. The lowest BCUT2D eigenvalue weighted by Crippen LogP contribution is -2.19. The average molecular weight is 291 g/mol. The number of non-ortho nitro benzene ring substituents is 1. The van der Waals surface area contributed by atoms with E-state index in [-0.39, 0.29) is 11.1 Å². The van der Waals surface area contributed by atoms with Gasteiger partial charge in [0.15, 0.2) is 5.82 Å². The summed E-state index contributed by atoms with van der Waals surface area (Å²) in [6.45, 7) is 2.13. The van der Waals surface area contributed by atoms with Gasteiger partial charge in [0.25, 0.3) is 5.69 Å². The first-order chi connectivity index (χ1) is 9.69. The van der Waals surface area contributed by atoms with E-state index in [9.17, 15) is 10.1 Å². The highest BCUT2D eigenvalue weighted by Crippen LogP contribution is 2.33. The Morgan fingerprint density at radius 1 is 1.50 bits per heavy atom. The summed E-state index contributed by atoms with van der Waals surface area (Å²) in [5.74, 6) is 0.606. The van der Waals surface area contributed by atoms with Gasteiger partial charge in [0.2, 0.25) is 5.16 Å². The van der Waals surface area contributed by atoms with Crippen molar-refractivity contribution in [1.29, 1.82) is 0 Å². The van der Waals surface area contributed by atoms with Crippen molar-refractivity contribution in [2.45, 2.75) is 30.3 Å². The smallest absolute Gasteiger partial charge is 0.270 e. The third-order valence-electron chi connectivity index (χ3n) is 3.02. The molecule has 2 heterocycles. The second kappa shape index (κ2) is 5.12. The van der Waals surface area contributed by atoms with Crippen molar-refractivity contribution in [3.05, 3.63) is 34.4 Å². The van der Waals surface area contributed by atoms with Crippen LogP contribution in [0.1, 0.15) is 19.8 Å². The van der Waals surface area contributed by atoms with Gasteiger partial charge < -0.3 is 5.43 Å². The number of benzene rings is 1. The Bertz CT molecular complexity index is 657. The Kier molecular flexibility index (Phi) is 3.31. The van der Waals surface area contributed by atoms with Crippen molar-refractivity contribution in [3.63, 3.8) is 0 Å². The predicted molar refractivity (Wildman–Crippen MR) is 76.0 cm³/mol. The van der Waals surface area contributed by atoms with Crippen LogP contribution in [0, 0.1) is 10.1 Å². The van der Waals surface area contributed by atoms with Gasteiger partial charge in [-0.25, -0.2) is 4.68 Å². The van der Waals surface area contributed by atoms with Crippen molar-refractivity contribution in [2.24, 2.45) is 0 Å². The highest BCUT2D eigenvalue weighted by molar-refractivity contribution is 8.00. The Morgan fingerprint density at radius 3 is 3.10 bits per heavy atom. The second-order valence-corrected chi connectivity index (χ2v) is 5.64. The highest BCUT2D eigenvalue weighted by atomic mass is 32.2. The SMILES string of the molecule is CCCC1Nn2c(nnc2-c2cccc([N+](=O)[O-])c2)S1. The Labute approximate surface area is 119 Å². The summed E-state index contributed by atoms with van der Waals surface area (Å²) < 4.78 is 1.81. The van der Waals surface area contributed by atoms with E-state index in [1.165, 1.54) is 12.1 Å². The number of nitrogens with one attached hydrogen (secondary N) is 1. The molecule has 7 nitrogen and oxygen atoms in total. The van der Waals surface area contributed by atoms with Gasteiger partial charge in [-0.05, 0) is 6.42 Å². The summed E-state index contributed by atoms with van der Waals surface area (Å²) in [6.07, 6.45) is 2.11. The summed E-state index contributed by atoms with van der Waals surface area (Å²) in [6, 6.07) is 6.42. The molecule has 1 unspecified atom stereocenters. The highest BCUT2D eigenvalue weighted by Gasteiger charge is 2.26. The van der Waals surface area contributed by atoms with E-state index in [1.807, 2.05) is 4.68 Å². The molecule has 0 bridgehead atoms. The van der Waals surface area contributed by atoms with E-state index >= 15 is 0 Å². The van der Waals surface area contributed by atoms with Crippen molar-refractivity contribution >= 4 is 17.4 Å². The van der Waals surface area contributed by atoms with Crippen LogP contribution in [0.2, 0.25) is 0 Å². The van der Waals surface area contributed by atoms with Crippen LogP contribution in [-0.4, -0.2) is 25.2 Å². The summed E-state index contributed by atoms with van der Waals surface area (Å²) in [4.78, 5) is 10.4. The van der Waals surface area contributed by atoms with Gasteiger partial charge in [0.1, 0.15) is 0 Å². The maximum Gasteiger partial charge on any atom is 0.270 e. The van der Waals surface area contributed by atoms with E-state index in [0.29, 0.717) is 11.4 Å². The van der Waals surface area contributed by atoms with Gasteiger partial charge in [-0.1, -0.05) is 37.2 Å². The first-order valence-corrected chi connectivity index (χ1v) is 7.20. The first kappa shape index (κ1) is 12.9. The third kappa shape index (κ3) is 2.22. The van der Waals surface area contributed by atoms with Crippen LogP contribution in [0.4, 0.5) is 5.69 Å². The first-order valence-electron chi connectivity index (χ1n) is 6.32. The molecule has 1 aliphatic rings. The van der Waals surface area contributed by atoms with Crippen LogP contribution in [0.25, 0.3) is 11.4 Å². The van der Waals surface area contributed by atoms with Crippen molar-refractivity contribution in [1.82, 2.24) is 14.9 Å². The molecule has 0 amide bonds. The predicted octanol–water partition coefficient (Wildman–Crippen LogP) is 2.63. The number of rotatable bonds is 4. The van der Waals surface area contributed by atoms with Crippen molar-refractivity contribution < 1.29 is 4.92 Å². The topological polar surface area (TPSA) is 85.9 Å². The standard InChI is InChI=1S/C12H13N5O2S/c1-2-4-10-15-16-11(13-14-12(16)20-10)8-5-3-6-9(7-8)17(18)19/h3,5-7,10,15H,2,4H2,1H3. The summed E-state index contributed by atoms with van der Waals surface area (Å²) >= 11 is 1.63. The molecule has 104 valence electrons. The van der Waals surface area contributed by atoms with Crippen LogP contribution in [0.5, 0.6) is 0 Å². The zero-order valence-corrected chi connectivity index (χ0v) is 11.6. The Hall–Kier alpha value is -2.09. The number of aromatic nitrogens is 3. The lowest BCUT2D eigenvalue weighted by molar-refractivity contribution is -0.384. The molecule has 1 aliphatic heterocycles. The normalized spacial score (nSPS) is 16.8. The third-order valence-corrected chi connectivity index (χ3v) is 4.12. The molecule has 0 spiro atoms. The molecule has 1 atom stereocenters. The molecule has 20 heavy (non-hydrogen) atoms. The van der Waals surface area contributed by atoms with Gasteiger partial charge in [0, 0.05) is 17.7 Å². The second-order valence-electron chi connectivity index (χ2n) is 4.47. The Balaban J connectivity index is 1.94. The quantitative estimate of drug-likeness (QED) is 0.688. The van der Waals surface area contributed by atoms with Crippen molar-refractivity contribution in [3.8, 4) is 11.4 Å². The zero-order chi connectivity index (χ0) is 14.1. The fourth-order valence-corrected chi connectivity index (χ4v) is 3.19. The fraction of sp³-hybridized carbons (Fsp3) is 0.333. The van der Waals surface area contributed by atoms with E-state index in [4.69, 9.17) is 0 Å². The molecular weight excluding hydrogens is 278 g/mol. The van der Waals surface area contributed by atoms with Crippen LogP contribution in [0.15, 0.2) is 29.4 Å². The summed E-state index contributed by atoms with van der Waals surface area (Å²) in [5.41, 5.74) is 4.05. The Morgan fingerprint density at radius 2 is 2.35 bits per heavy atom.